The van der Waals surface area contributed by atoms with Gasteiger partial charge in [-0.25, -0.2) is 0 Å². The van der Waals surface area contributed by atoms with Gasteiger partial charge in [0.2, 0.25) is 0 Å². The molecule has 4 nitrogen and oxygen atoms in total. The smallest absolute Gasteiger partial charge is 0.194 e. The lowest BCUT2D eigenvalue weighted by Crippen LogP contribution is -2.03. The largest absolute Gasteiger partial charge is 0.497 e. The first kappa shape index (κ1) is 9.58. The second-order valence-electron chi connectivity index (χ2n) is 3.11. The van der Waals surface area contributed by atoms with E-state index in [2.05, 4.69) is 4.98 Å². The number of fused-ring (bicyclic) bond motifs is 1. The molecule has 0 spiro atoms. The van der Waals surface area contributed by atoms with Crippen LogP contribution in [-0.4, -0.2) is 19.2 Å². The molecule has 1 N–H and O–H groups in total. The van der Waals surface area contributed by atoms with Crippen molar-refractivity contribution in [3.63, 3.8) is 0 Å². The molecular weight excluding hydrogens is 194 g/mol. The fourth-order valence-corrected chi connectivity index (χ4v) is 1.44. The van der Waals surface area contributed by atoms with Gasteiger partial charge in [-0.3, -0.25) is 4.79 Å². The number of ether oxygens (including phenoxy) is 2. The second-order valence-corrected chi connectivity index (χ2v) is 3.11. The maximum atomic E-state index is 11.7. The maximum absolute atomic E-state index is 11.7. The molecule has 0 fully saturated rings. The van der Waals surface area contributed by atoms with E-state index < -0.39 is 0 Å². The van der Waals surface area contributed by atoms with Crippen molar-refractivity contribution in [2.45, 2.75) is 0 Å². The zero-order valence-corrected chi connectivity index (χ0v) is 8.53. The van der Waals surface area contributed by atoms with Crippen molar-refractivity contribution >= 4 is 10.9 Å². The molecule has 0 saturated carbocycles. The molecule has 1 aromatic carbocycles. The van der Waals surface area contributed by atoms with Crippen LogP contribution in [0.1, 0.15) is 0 Å². The highest BCUT2D eigenvalue weighted by Crippen LogP contribution is 2.18. The van der Waals surface area contributed by atoms with E-state index in [1.807, 2.05) is 0 Å². The zero-order valence-electron chi connectivity index (χ0n) is 8.53. The Bertz CT molecular complexity index is 545. The van der Waals surface area contributed by atoms with Crippen LogP contribution in [0.2, 0.25) is 0 Å². The fraction of sp³-hybridized carbons (Fsp3) is 0.182. The first-order valence-electron chi connectivity index (χ1n) is 4.49. The summed E-state index contributed by atoms with van der Waals surface area (Å²) < 4.78 is 10.0. The summed E-state index contributed by atoms with van der Waals surface area (Å²) in [6, 6.07) is 6.70. The van der Waals surface area contributed by atoms with Gasteiger partial charge in [-0.1, -0.05) is 0 Å². The number of nitrogens with one attached hydrogen (secondary N) is 1. The summed E-state index contributed by atoms with van der Waals surface area (Å²) in [5.74, 6) is 1.12. The minimum absolute atomic E-state index is 0.0838. The van der Waals surface area contributed by atoms with Crippen LogP contribution in [0.4, 0.5) is 0 Å². The van der Waals surface area contributed by atoms with Gasteiger partial charge in [0.05, 0.1) is 19.7 Å². The Morgan fingerprint density at radius 3 is 2.60 bits per heavy atom. The highest BCUT2D eigenvalue weighted by molar-refractivity contribution is 5.80. The van der Waals surface area contributed by atoms with Crippen molar-refractivity contribution in [1.82, 2.24) is 4.98 Å². The number of H-pyrrole nitrogens is 1. The van der Waals surface area contributed by atoms with E-state index in [-0.39, 0.29) is 5.43 Å². The Balaban J connectivity index is 2.74. The van der Waals surface area contributed by atoms with Crippen LogP contribution in [-0.2, 0) is 0 Å². The first-order chi connectivity index (χ1) is 7.24. The van der Waals surface area contributed by atoms with Gasteiger partial charge >= 0.3 is 0 Å². The number of benzene rings is 1. The topological polar surface area (TPSA) is 51.3 Å². The molecule has 78 valence electrons. The third kappa shape index (κ3) is 1.66. The van der Waals surface area contributed by atoms with E-state index in [0.717, 1.165) is 5.52 Å². The predicted octanol–water partition coefficient (Wildman–Crippen LogP) is 1.55. The lowest BCUT2D eigenvalue weighted by atomic mass is 10.2. The van der Waals surface area contributed by atoms with E-state index >= 15 is 0 Å². The predicted molar refractivity (Wildman–Crippen MR) is 57.7 cm³/mol. The Labute approximate surface area is 86.5 Å². The molecule has 0 saturated heterocycles. The van der Waals surface area contributed by atoms with Crippen molar-refractivity contribution in [3.05, 3.63) is 34.5 Å². The molecule has 0 unspecified atom stereocenters. The molecule has 0 amide bonds. The normalized spacial score (nSPS) is 10.3. The van der Waals surface area contributed by atoms with E-state index in [1.165, 1.54) is 13.2 Å². The third-order valence-electron chi connectivity index (χ3n) is 2.23. The van der Waals surface area contributed by atoms with Gasteiger partial charge in [-0.05, 0) is 18.2 Å². The van der Waals surface area contributed by atoms with Crippen LogP contribution in [0.5, 0.6) is 11.6 Å². The quantitative estimate of drug-likeness (QED) is 0.809. The monoisotopic (exact) mass is 205 g/mol. The lowest BCUT2D eigenvalue weighted by molar-refractivity contribution is 0.399. The Morgan fingerprint density at radius 2 is 1.93 bits per heavy atom. The molecule has 0 aliphatic rings. The summed E-state index contributed by atoms with van der Waals surface area (Å²) in [6.07, 6.45) is 0. The maximum Gasteiger partial charge on any atom is 0.194 e. The van der Waals surface area contributed by atoms with Crippen LogP contribution >= 0.6 is 0 Å². The Kier molecular flexibility index (Phi) is 2.33. The highest BCUT2D eigenvalue weighted by atomic mass is 16.5. The number of hydrogen-bond acceptors (Lipinski definition) is 3. The summed E-state index contributed by atoms with van der Waals surface area (Å²) in [6.45, 7) is 0. The summed E-state index contributed by atoms with van der Waals surface area (Å²) in [5.41, 5.74) is 0.652. The van der Waals surface area contributed by atoms with Crippen LogP contribution in [0.25, 0.3) is 10.9 Å². The zero-order chi connectivity index (χ0) is 10.8. The van der Waals surface area contributed by atoms with Crippen LogP contribution in [0.15, 0.2) is 29.1 Å². The number of aromatic nitrogens is 1. The van der Waals surface area contributed by atoms with Gasteiger partial charge in [0, 0.05) is 11.5 Å². The highest BCUT2D eigenvalue weighted by Gasteiger charge is 2.03. The molecule has 0 atom stereocenters. The molecule has 4 heteroatoms. The van der Waals surface area contributed by atoms with Gasteiger partial charge in [-0.15, -0.1) is 0 Å². The number of aromatic amines is 1. The van der Waals surface area contributed by atoms with Gasteiger partial charge in [0.25, 0.3) is 0 Å². The first-order valence-corrected chi connectivity index (χ1v) is 4.49. The van der Waals surface area contributed by atoms with Crippen LogP contribution < -0.4 is 14.9 Å². The van der Waals surface area contributed by atoms with Crippen molar-refractivity contribution in [3.8, 4) is 11.6 Å². The van der Waals surface area contributed by atoms with Crippen molar-refractivity contribution < 1.29 is 9.47 Å². The van der Waals surface area contributed by atoms with Gasteiger partial charge in [-0.2, -0.15) is 0 Å². The van der Waals surface area contributed by atoms with Crippen molar-refractivity contribution in [1.29, 1.82) is 0 Å². The number of methoxy groups -OCH3 is 2. The molecular formula is C11H11NO3. The molecule has 0 bridgehead atoms. The van der Waals surface area contributed by atoms with Crippen molar-refractivity contribution in [2.24, 2.45) is 0 Å². The van der Waals surface area contributed by atoms with Crippen LogP contribution in [0.3, 0.4) is 0 Å². The minimum atomic E-state index is -0.0838. The average molecular weight is 205 g/mol. The van der Waals surface area contributed by atoms with E-state index in [4.69, 9.17) is 9.47 Å². The second kappa shape index (κ2) is 3.65. The molecule has 1 aromatic heterocycles. The molecule has 1 heterocycles. The number of rotatable bonds is 2. The third-order valence-corrected chi connectivity index (χ3v) is 2.23. The Morgan fingerprint density at radius 1 is 1.13 bits per heavy atom. The molecule has 2 aromatic rings. The van der Waals surface area contributed by atoms with Crippen LogP contribution in [0, 0.1) is 0 Å². The number of pyridine rings is 1. The van der Waals surface area contributed by atoms with E-state index in [1.54, 1.807) is 25.3 Å². The van der Waals surface area contributed by atoms with Gasteiger partial charge in [0.15, 0.2) is 11.3 Å². The lowest BCUT2D eigenvalue weighted by Gasteiger charge is -2.04. The molecule has 0 aliphatic heterocycles. The average Bonchev–Trinajstić information content (AvgIpc) is 2.28. The van der Waals surface area contributed by atoms with E-state index in [9.17, 15) is 4.79 Å². The summed E-state index contributed by atoms with van der Waals surface area (Å²) in [5, 5.41) is 0.593. The minimum Gasteiger partial charge on any atom is -0.497 e. The summed E-state index contributed by atoms with van der Waals surface area (Å²) in [7, 11) is 3.08. The van der Waals surface area contributed by atoms with Gasteiger partial charge < -0.3 is 14.5 Å². The standard InChI is InChI=1S/C11H11NO3/c1-14-7-3-4-9-8(5-7)10(13)6-11(12-9)15-2/h3-6H,1-2H3,(H,12,13). The Hall–Kier alpha value is -1.97. The fourth-order valence-electron chi connectivity index (χ4n) is 1.44. The molecule has 0 radical (unpaired) electrons. The van der Waals surface area contributed by atoms with Gasteiger partial charge in [0.1, 0.15) is 5.75 Å². The SMILES string of the molecule is COc1ccc2[nH]c(OC)cc(=O)c2c1. The molecule has 15 heavy (non-hydrogen) atoms. The number of hydrogen-bond donors (Lipinski definition) is 1. The van der Waals surface area contributed by atoms with Crippen molar-refractivity contribution in [2.75, 3.05) is 14.2 Å². The molecule has 2 rings (SSSR count). The summed E-state index contributed by atoms with van der Waals surface area (Å²) in [4.78, 5) is 14.7. The summed E-state index contributed by atoms with van der Waals surface area (Å²) >= 11 is 0. The van der Waals surface area contributed by atoms with E-state index in [0.29, 0.717) is 17.0 Å². The molecule has 0 aliphatic carbocycles.